The molecule has 0 saturated carbocycles. The molecule has 0 amide bonds. The minimum absolute atomic E-state index is 0.210. The second kappa shape index (κ2) is 12.0. The lowest BCUT2D eigenvalue weighted by Crippen LogP contribution is -2.39. The summed E-state index contributed by atoms with van der Waals surface area (Å²) in [5.41, 5.74) is 7.24. The highest BCUT2D eigenvalue weighted by atomic mass is 79.9. The van der Waals surface area contributed by atoms with Crippen LogP contribution in [0.25, 0.3) is 6.08 Å². The van der Waals surface area contributed by atoms with Gasteiger partial charge in [-0.3, -0.25) is 9.36 Å². The SMILES string of the molecule is CCOC(=O)C1=C(C)N=c2s/c(=C\c3ccc(OCc4c(C)cc(C)cc4C)cc3)c(=O)n2[C@H]1c1cccc(Br)c1. The van der Waals surface area contributed by atoms with E-state index in [0.29, 0.717) is 27.2 Å². The van der Waals surface area contributed by atoms with E-state index in [0.717, 1.165) is 21.3 Å². The molecule has 1 aromatic heterocycles. The third-order valence-corrected chi connectivity index (χ3v) is 8.56. The van der Waals surface area contributed by atoms with E-state index in [1.807, 2.05) is 54.6 Å². The molecular formula is C33H31BrN2O4S. The lowest BCUT2D eigenvalue weighted by Gasteiger charge is -2.24. The molecule has 0 radical (unpaired) electrons. The van der Waals surface area contributed by atoms with Gasteiger partial charge < -0.3 is 9.47 Å². The van der Waals surface area contributed by atoms with Gasteiger partial charge >= 0.3 is 5.97 Å². The van der Waals surface area contributed by atoms with Gasteiger partial charge in [-0.05, 0) is 92.8 Å². The molecule has 0 spiro atoms. The standard InChI is InChI=1S/C33H31BrN2O4S/c1-6-39-32(38)29-22(5)35-33-36(30(29)24-8-7-9-25(34)17-24)31(37)28(41-33)16-23-10-12-26(13-11-23)40-18-27-20(3)14-19(2)15-21(27)4/h7-17,30H,6,18H2,1-5H3/b28-16-/t30-/m0/s1. The van der Waals surface area contributed by atoms with E-state index in [1.165, 1.54) is 33.6 Å². The van der Waals surface area contributed by atoms with Crippen LogP contribution >= 0.6 is 27.3 Å². The summed E-state index contributed by atoms with van der Waals surface area (Å²) in [5, 5.41) is 0. The van der Waals surface area contributed by atoms with Crippen molar-refractivity contribution < 1.29 is 14.3 Å². The number of halogens is 1. The first-order valence-electron chi connectivity index (χ1n) is 13.4. The Kier molecular flexibility index (Phi) is 8.42. The third kappa shape index (κ3) is 5.99. The fourth-order valence-corrected chi connectivity index (χ4v) is 6.65. The molecule has 0 fully saturated rings. The Balaban J connectivity index is 1.48. The Morgan fingerprint density at radius 1 is 1.05 bits per heavy atom. The maximum absolute atomic E-state index is 13.8. The Morgan fingerprint density at radius 3 is 2.41 bits per heavy atom. The van der Waals surface area contributed by atoms with Gasteiger partial charge in [0, 0.05) is 4.47 Å². The molecule has 1 aliphatic rings. The number of aromatic nitrogens is 1. The molecule has 0 bridgehead atoms. The van der Waals surface area contributed by atoms with Crippen LogP contribution in [-0.4, -0.2) is 17.1 Å². The molecule has 0 unspecified atom stereocenters. The number of ether oxygens (including phenoxy) is 2. The van der Waals surface area contributed by atoms with Crippen molar-refractivity contribution in [1.29, 1.82) is 0 Å². The van der Waals surface area contributed by atoms with Crippen molar-refractivity contribution in [3.63, 3.8) is 0 Å². The van der Waals surface area contributed by atoms with Gasteiger partial charge in [0.1, 0.15) is 12.4 Å². The molecule has 4 aromatic rings. The van der Waals surface area contributed by atoms with Gasteiger partial charge in [-0.15, -0.1) is 0 Å². The number of thiazole rings is 1. The monoisotopic (exact) mass is 630 g/mol. The topological polar surface area (TPSA) is 69.9 Å². The average Bonchev–Trinajstić information content (AvgIpc) is 3.22. The maximum Gasteiger partial charge on any atom is 0.338 e. The number of rotatable bonds is 7. The second-order valence-corrected chi connectivity index (χ2v) is 12.0. The molecule has 5 rings (SSSR count). The molecular weight excluding hydrogens is 600 g/mol. The first-order chi connectivity index (χ1) is 19.7. The van der Waals surface area contributed by atoms with Crippen molar-refractivity contribution in [3.05, 3.63) is 129 Å². The number of hydrogen-bond donors (Lipinski definition) is 0. The summed E-state index contributed by atoms with van der Waals surface area (Å²) in [6.07, 6.45) is 1.85. The average molecular weight is 632 g/mol. The van der Waals surface area contributed by atoms with E-state index in [9.17, 15) is 9.59 Å². The number of esters is 1. The molecule has 1 aliphatic heterocycles. The van der Waals surface area contributed by atoms with E-state index < -0.39 is 12.0 Å². The summed E-state index contributed by atoms with van der Waals surface area (Å²) in [6, 6.07) is 19.0. The van der Waals surface area contributed by atoms with Crippen molar-refractivity contribution in [3.8, 4) is 5.75 Å². The molecule has 3 aromatic carbocycles. The number of nitrogens with zero attached hydrogens (tertiary/aromatic N) is 2. The highest BCUT2D eigenvalue weighted by molar-refractivity contribution is 9.10. The Bertz CT molecular complexity index is 1830. The van der Waals surface area contributed by atoms with Gasteiger partial charge in [0.05, 0.1) is 28.5 Å². The Morgan fingerprint density at radius 2 is 1.76 bits per heavy atom. The fraction of sp³-hybridized carbons (Fsp3) is 0.242. The minimum Gasteiger partial charge on any atom is -0.489 e. The van der Waals surface area contributed by atoms with Gasteiger partial charge in [0.25, 0.3) is 5.56 Å². The molecule has 0 N–H and O–H groups in total. The number of fused-ring (bicyclic) bond motifs is 1. The predicted octanol–water partition coefficient (Wildman–Crippen LogP) is 6.07. The largest absolute Gasteiger partial charge is 0.489 e. The summed E-state index contributed by atoms with van der Waals surface area (Å²) in [4.78, 5) is 32.0. The number of hydrogen-bond acceptors (Lipinski definition) is 6. The molecule has 8 heteroatoms. The number of carbonyl (C=O) groups excluding carboxylic acids is 1. The zero-order valence-corrected chi connectivity index (χ0v) is 26.1. The van der Waals surface area contributed by atoms with Gasteiger partial charge in [0.15, 0.2) is 4.80 Å². The molecule has 6 nitrogen and oxygen atoms in total. The zero-order chi connectivity index (χ0) is 29.3. The van der Waals surface area contributed by atoms with Crippen LogP contribution in [0.4, 0.5) is 0 Å². The van der Waals surface area contributed by atoms with Crippen LogP contribution in [0.3, 0.4) is 0 Å². The normalized spacial score (nSPS) is 15.0. The molecule has 210 valence electrons. The van der Waals surface area contributed by atoms with Crippen LogP contribution in [0.1, 0.15) is 53.3 Å². The van der Waals surface area contributed by atoms with E-state index in [-0.39, 0.29) is 12.2 Å². The molecule has 2 heterocycles. The number of allylic oxidation sites excluding steroid dienone is 1. The van der Waals surface area contributed by atoms with Crippen LogP contribution in [0.2, 0.25) is 0 Å². The molecule has 0 aliphatic carbocycles. The van der Waals surface area contributed by atoms with Crippen molar-refractivity contribution in [2.24, 2.45) is 4.99 Å². The van der Waals surface area contributed by atoms with Gasteiger partial charge in [-0.1, -0.05) is 69.2 Å². The molecule has 0 saturated heterocycles. The van der Waals surface area contributed by atoms with E-state index in [1.54, 1.807) is 18.4 Å². The minimum atomic E-state index is -0.644. The number of aryl methyl sites for hydroxylation is 3. The maximum atomic E-state index is 13.8. The predicted molar refractivity (Wildman–Crippen MR) is 166 cm³/mol. The molecule has 1 atom stereocenters. The van der Waals surface area contributed by atoms with Crippen molar-refractivity contribution >= 4 is 39.3 Å². The number of carbonyl (C=O) groups is 1. The van der Waals surface area contributed by atoms with Crippen molar-refractivity contribution in [2.45, 2.75) is 47.3 Å². The van der Waals surface area contributed by atoms with Crippen LogP contribution in [0.5, 0.6) is 5.75 Å². The van der Waals surface area contributed by atoms with Crippen LogP contribution < -0.4 is 19.6 Å². The van der Waals surface area contributed by atoms with Gasteiger partial charge in [0.2, 0.25) is 0 Å². The highest BCUT2D eigenvalue weighted by Gasteiger charge is 2.33. The Hall–Kier alpha value is -3.75. The zero-order valence-electron chi connectivity index (χ0n) is 23.7. The summed E-state index contributed by atoms with van der Waals surface area (Å²) in [5.74, 6) is 0.284. The summed E-state index contributed by atoms with van der Waals surface area (Å²) >= 11 is 4.83. The van der Waals surface area contributed by atoms with Crippen LogP contribution in [-0.2, 0) is 16.1 Å². The van der Waals surface area contributed by atoms with Gasteiger partial charge in [-0.25, -0.2) is 9.79 Å². The number of benzene rings is 3. The lowest BCUT2D eigenvalue weighted by molar-refractivity contribution is -0.139. The third-order valence-electron chi connectivity index (χ3n) is 7.08. The second-order valence-electron chi connectivity index (χ2n) is 10.1. The fourth-order valence-electron chi connectivity index (χ4n) is 5.19. The van der Waals surface area contributed by atoms with E-state index in [2.05, 4.69) is 53.8 Å². The first kappa shape index (κ1) is 28.8. The summed E-state index contributed by atoms with van der Waals surface area (Å²) < 4.78 is 14.4. The summed E-state index contributed by atoms with van der Waals surface area (Å²) in [6.45, 7) is 10.6. The quantitative estimate of drug-likeness (QED) is 0.233. The van der Waals surface area contributed by atoms with Gasteiger partial charge in [-0.2, -0.15) is 0 Å². The Labute approximate surface area is 251 Å². The van der Waals surface area contributed by atoms with Crippen LogP contribution in [0, 0.1) is 20.8 Å². The van der Waals surface area contributed by atoms with E-state index >= 15 is 0 Å². The highest BCUT2D eigenvalue weighted by Crippen LogP contribution is 2.32. The van der Waals surface area contributed by atoms with Crippen molar-refractivity contribution in [2.75, 3.05) is 6.61 Å². The smallest absolute Gasteiger partial charge is 0.338 e. The lowest BCUT2D eigenvalue weighted by atomic mass is 9.96. The summed E-state index contributed by atoms with van der Waals surface area (Å²) in [7, 11) is 0. The van der Waals surface area contributed by atoms with Crippen LogP contribution in [0.15, 0.2) is 86.2 Å². The molecule has 41 heavy (non-hydrogen) atoms. The van der Waals surface area contributed by atoms with E-state index in [4.69, 9.17) is 9.47 Å². The van der Waals surface area contributed by atoms with Crippen molar-refractivity contribution in [1.82, 2.24) is 4.57 Å². The first-order valence-corrected chi connectivity index (χ1v) is 15.0.